The number of halogens is 1. The first-order chi connectivity index (χ1) is 13.6. The van der Waals surface area contributed by atoms with Gasteiger partial charge in [0.05, 0.1) is 5.75 Å². The monoisotopic (exact) mass is 461 g/mol. The average Bonchev–Trinajstić information content (AvgIpc) is 3.35. The van der Waals surface area contributed by atoms with E-state index < -0.39 is 0 Å². The van der Waals surface area contributed by atoms with Gasteiger partial charge in [-0.25, -0.2) is 9.97 Å². The van der Waals surface area contributed by atoms with E-state index in [1.165, 1.54) is 0 Å². The second-order valence-corrected chi connectivity index (χ2v) is 8.35. The molecule has 1 aliphatic rings. The molecule has 1 amide bonds. The van der Waals surface area contributed by atoms with Gasteiger partial charge in [0, 0.05) is 56.3 Å². The second-order valence-electron chi connectivity index (χ2n) is 6.49. The smallest absolute Gasteiger partial charge is 0.289 e. The summed E-state index contributed by atoms with van der Waals surface area (Å²) in [5.41, 5.74) is 0. The van der Waals surface area contributed by atoms with Crippen LogP contribution in [0.2, 0.25) is 0 Å². The van der Waals surface area contributed by atoms with E-state index in [9.17, 15) is 4.79 Å². The summed E-state index contributed by atoms with van der Waals surface area (Å²) < 4.78 is 8.70. The number of rotatable bonds is 5. The molecule has 0 radical (unpaired) electrons. The maximum absolute atomic E-state index is 12.8. The standard InChI is InChI=1S/C19H20BrN5O2S/c1-23-7-6-21-19(23)28-13-15-3-4-16(27-15)18(26)25-10-8-24(9-11-25)17-5-2-14(20)12-22-17/h2-7,12H,8-11,13H2,1H3. The summed E-state index contributed by atoms with van der Waals surface area (Å²) in [6.45, 7) is 2.80. The van der Waals surface area contributed by atoms with E-state index in [0.717, 1.165) is 34.3 Å². The van der Waals surface area contributed by atoms with Crippen molar-refractivity contribution in [3.8, 4) is 0 Å². The number of amides is 1. The Bertz CT molecular complexity index is 947. The van der Waals surface area contributed by atoms with E-state index in [1.807, 2.05) is 40.9 Å². The lowest BCUT2D eigenvalue weighted by molar-refractivity contribution is 0.0713. The molecule has 1 fully saturated rings. The lowest BCUT2D eigenvalue weighted by Gasteiger charge is -2.35. The van der Waals surface area contributed by atoms with Crippen molar-refractivity contribution in [2.24, 2.45) is 7.05 Å². The number of furan rings is 1. The molecule has 146 valence electrons. The molecule has 4 rings (SSSR count). The minimum absolute atomic E-state index is 0.0587. The van der Waals surface area contributed by atoms with Gasteiger partial charge < -0.3 is 18.8 Å². The van der Waals surface area contributed by atoms with Crippen LogP contribution in [0, 0.1) is 0 Å². The molecule has 0 unspecified atom stereocenters. The first-order valence-corrected chi connectivity index (χ1v) is 10.7. The van der Waals surface area contributed by atoms with Gasteiger partial charge in [-0.3, -0.25) is 4.79 Å². The van der Waals surface area contributed by atoms with E-state index >= 15 is 0 Å². The van der Waals surface area contributed by atoms with Gasteiger partial charge in [0.15, 0.2) is 10.9 Å². The molecule has 0 bridgehead atoms. The van der Waals surface area contributed by atoms with Crippen molar-refractivity contribution in [3.05, 3.63) is 58.8 Å². The third-order valence-corrected chi connectivity index (χ3v) is 6.15. The first-order valence-electron chi connectivity index (χ1n) is 8.95. The van der Waals surface area contributed by atoms with Crippen molar-refractivity contribution >= 4 is 39.4 Å². The first kappa shape index (κ1) is 19.1. The Morgan fingerprint density at radius 2 is 2.00 bits per heavy atom. The lowest BCUT2D eigenvalue weighted by atomic mass is 10.2. The molecule has 1 aliphatic heterocycles. The Balaban J connectivity index is 1.32. The maximum Gasteiger partial charge on any atom is 0.289 e. The Kier molecular flexibility index (Phi) is 5.72. The van der Waals surface area contributed by atoms with Gasteiger partial charge in [0.2, 0.25) is 0 Å². The molecule has 3 aromatic heterocycles. The van der Waals surface area contributed by atoms with Gasteiger partial charge >= 0.3 is 0 Å². The van der Waals surface area contributed by atoms with Crippen LogP contribution >= 0.6 is 27.7 Å². The number of thioether (sulfide) groups is 1. The van der Waals surface area contributed by atoms with Crippen LogP contribution < -0.4 is 4.90 Å². The summed E-state index contributed by atoms with van der Waals surface area (Å²) in [7, 11) is 1.95. The fraction of sp³-hybridized carbons (Fsp3) is 0.316. The Morgan fingerprint density at radius 3 is 2.68 bits per heavy atom. The highest BCUT2D eigenvalue weighted by Gasteiger charge is 2.25. The number of piperazine rings is 1. The van der Waals surface area contributed by atoms with Crippen LogP contribution in [0.3, 0.4) is 0 Å². The SMILES string of the molecule is Cn1ccnc1SCc1ccc(C(=O)N2CCN(c3ccc(Br)cn3)CC2)o1. The largest absolute Gasteiger partial charge is 0.455 e. The van der Waals surface area contributed by atoms with E-state index in [1.54, 1.807) is 30.2 Å². The van der Waals surface area contributed by atoms with E-state index in [0.29, 0.717) is 24.6 Å². The van der Waals surface area contributed by atoms with Gasteiger partial charge in [-0.05, 0) is 40.2 Å². The maximum atomic E-state index is 12.8. The summed E-state index contributed by atoms with van der Waals surface area (Å²) >= 11 is 4.98. The number of carbonyl (C=O) groups is 1. The number of anilines is 1. The summed E-state index contributed by atoms with van der Waals surface area (Å²) in [4.78, 5) is 25.5. The van der Waals surface area contributed by atoms with E-state index in [2.05, 4.69) is 30.8 Å². The van der Waals surface area contributed by atoms with Gasteiger partial charge in [0.1, 0.15) is 11.6 Å². The van der Waals surface area contributed by atoms with Crippen molar-refractivity contribution in [2.45, 2.75) is 10.9 Å². The van der Waals surface area contributed by atoms with Crippen LogP contribution in [0.5, 0.6) is 0 Å². The number of hydrogen-bond donors (Lipinski definition) is 0. The molecule has 0 aromatic carbocycles. The Hall–Kier alpha value is -2.26. The predicted octanol–water partition coefficient (Wildman–Crippen LogP) is 3.43. The molecule has 0 N–H and O–H groups in total. The van der Waals surface area contributed by atoms with Crippen LogP contribution in [0.15, 0.2) is 56.9 Å². The van der Waals surface area contributed by atoms with Gasteiger partial charge in [0.25, 0.3) is 5.91 Å². The van der Waals surface area contributed by atoms with Crippen molar-refractivity contribution in [1.29, 1.82) is 0 Å². The molecule has 3 aromatic rings. The zero-order chi connectivity index (χ0) is 19.5. The van der Waals surface area contributed by atoms with Crippen LogP contribution in [-0.2, 0) is 12.8 Å². The molecule has 0 spiro atoms. The number of nitrogens with zero attached hydrogens (tertiary/aromatic N) is 5. The highest BCUT2D eigenvalue weighted by Crippen LogP contribution is 2.23. The molecular weight excluding hydrogens is 442 g/mol. The molecule has 0 atom stereocenters. The highest BCUT2D eigenvalue weighted by atomic mass is 79.9. The van der Waals surface area contributed by atoms with Gasteiger partial charge in [-0.15, -0.1) is 0 Å². The normalized spacial score (nSPS) is 14.5. The number of hydrogen-bond acceptors (Lipinski definition) is 6. The zero-order valence-corrected chi connectivity index (χ0v) is 17.8. The minimum Gasteiger partial charge on any atom is -0.455 e. The molecular formula is C19H20BrN5O2S. The number of aryl methyl sites for hydroxylation is 1. The summed E-state index contributed by atoms with van der Waals surface area (Å²) in [6.07, 6.45) is 5.46. The molecule has 28 heavy (non-hydrogen) atoms. The molecule has 9 heteroatoms. The topological polar surface area (TPSA) is 67.4 Å². The lowest BCUT2D eigenvalue weighted by Crippen LogP contribution is -2.49. The van der Waals surface area contributed by atoms with E-state index in [-0.39, 0.29) is 5.91 Å². The molecule has 1 saturated heterocycles. The van der Waals surface area contributed by atoms with Crippen molar-refractivity contribution < 1.29 is 9.21 Å². The number of pyridine rings is 1. The third-order valence-electron chi connectivity index (χ3n) is 4.60. The van der Waals surface area contributed by atoms with Crippen molar-refractivity contribution in [2.75, 3.05) is 31.1 Å². The fourth-order valence-corrected chi connectivity index (χ4v) is 4.11. The molecule has 0 aliphatic carbocycles. The van der Waals surface area contributed by atoms with Gasteiger partial charge in [-0.2, -0.15) is 0 Å². The zero-order valence-electron chi connectivity index (χ0n) is 15.4. The highest BCUT2D eigenvalue weighted by molar-refractivity contribution is 9.10. The second kappa shape index (κ2) is 8.40. The van der Waals surface area contributed by atoms with Crippen molar-refractivity contribution in [1.82, 2.24) is 19.4 Å². The summed E-state index contributed by atoms with van der Waals surface area (Å²) in [5, 5.41) is 0.918. The molecule has 7 nitrogen and oxygen atoms in total. The number of carbonyl (C=O) groups excluding carboxylic acids is 1. The Labute approximate surface area is 175 Å². The quantitative estimate of drug-likeness (QED) is 0.542. The van der Waals surface area contributed by atoms with Crippen LogP contribution in [-0.4, -0.2) is 51.5 Å². The van der Waals surface area contributed by atoms with Crippen molar-refractivity contribution in [3.63, 3.8) is 0 Å². The van der Waals surface area contributed by atoms with Crippen LogP contribution in [0.4, 0.5) is 5.82 Å². The van der Waals surface area contributed by atoms with Crippen LogP contribution in [0.1, 0.15) is 16.3 Å². The number of imidazole rings is 1. The van der Waals surface area contributed by atoms with E-state index in [4.69, 9.17) is 4.42 Å². The minimum atomic E-state index is -0.0587. The van der Waals surface area contributed by atoms with Crippen LogP contribution in [0.25, 0.3) is 0 Å². The molecule has 0 saturated carbocycles. The summed E-state index contributed by atoms with van der Waals surface area (Å²) in [6, 6.07) is 7.59. The van der Waals surface area contributed by atoms with Gasteiger partial charge in [-0.1, -0.05) is 11.8 Å². The Morgan fingerprint density at radius 1 is 1.18 bits per heavy atom. The third kappa shape index (κ3) is 4.25. The fourth-order valence-electron chi connectivity index (χ4n) is 3.05. The average molecular weight is 462 g/mol. The molecule has 4 heterocycles. The summed E-state index contributed by atoms with van der Waals surface area (Å²) in [5.74, 6) is 2.68. The predicted molar refractivity (Wildman–Crippen MR) is 112 cm³/mol. The number of aromatic nitrogens is 3.